The van der Waals surface area contributed by atoms with Gasteiger partial charge in [-0.05, 0) is 43.5 Å². The predicted molar refractivity (Wildman–Crippen MR) is 126 cm³/mol. The molecule has 1 aromatic carbocycles. The molecule has 0 amide bonds. The lowest BCUT2D eigenvalue weighted by molar-refractivity contribution is 0.608. The maximum atomic E-state index is 12.7. The number of nitrogens with one attached hydrogen (secondary N) is 1. The Morgan fingerprint density at radius 3 is 2.86 bits per heavy atom. The molecule has 0 bridgehead atoms. The molecular weight excluding hydrogens is 429 g/mol. The highest BCUT2D eigenvalue weighted by atomic mass is 35.5. The molecule has 0 aliphatic carbocycles. The normalized spacial score (nSPS) is 18.4. The Kier molecular flexibility index (Phi) is 9.38. The van der Waals surface area contributed by atoms with E-state index in [1.807, 2.05) is 37.4 Å². The minimum Gasteiger partial charge on any atom is -0.280 e. The van der Waals surface area contributed by atoms with Gasteiger partial charge in [0.15, 0.2) is 0 Å². The lowest BCUT2D eigenvalue weighted by atomic mass is 10.1. The van der Waals surface area contributed by atoms with E-state index < -0.39 is 10.0 Å². The van der Waals surface area contributed by atoms with E-state index in [2.05, 4.69) is 20.8 Å². The van der Waals surface area contributed by atoms with Gasteiger partial charge in [-0.2, -0.15) is 0 Å². The molecule has 154 valence electrons. The lowest BCUT2D eigenvalue weighted by Crippen LogP contribution is -2.16. The quantitative estimate of drug-likeness (QED) is 0.315. The SMILES string of the molecule is CC/C=C(\C=NCCl)S(=O)(=O)Nc1ccc(Cl)c(/C2=C\C=C/C=CCCC=N2)c1. The summed E-state index contributed by atoms with van der Waals surface area (Å²) in [6, 6.07) is 4.90. The number of sulfonamides is 1. The first kappa shape index (κ1) is 23.1. The third-order valence-corrected chi connectivity index (χ3v) is 5.67. The first-order chi connectivity index (χ1) is 14.0. The molecule has 0 spiro atoms. The predicted octanol–water partition coefficient (Wildman–Crippen LogP) is 5.96. The highest BCUT2D eigenvalue weighted by Gasteiger charge is 2.17. The number of anilines is 1. The van der Waals surface area contributed by atoms with Gasteiger partial charge in [0, 0.05) is 23.7 Å². The van der Waals surface area contributed by atoms with E-state index in [-0.39, 0.29) is 10.9 Å². The molecule has 1 aliphatic heterocycles. The lowest BCUT2D eigenvalue weighted by Gasteiger charge is -2.12. The average molecular weight is 452 g/mol. The molecule has 8 heteroatoms. The van der Waals surface area contributed by atoms with Crippen LogP contribution in [0.15, 0.2) is 69.5 Å². The van der Waals surface area contributed by atoms with Crippen LogP contribution in [0.4, 0.5) is 5.69 Å². The van der Waals surface area contributed by atoms with Gasteiger partial charge in [0.1, 0.15) is 10.9 Å². The van der Waals surface area contributed by atoms with Gasteiger partial charge in [0.2, 0.25) is 0 Å². The number of aliphatic imine (C=N–C) groups is 2. The Balaban J connectivity index is 2.39. The Hall–Kier alpha value is -2.15. The van der Waals surface area contributed by atoms with Crippen molar-refractivity contribution in [1.29, 1.82) is 0 Å². The van der Waals surface area contributed by atoms with Crippen LogP contribution in [-0.4, -0.2) is 26.9 Å². The highest BCUT2D eigenvalue weighted by molar-refractivity contribution is 7.97. The number of halogens is 2. The van der Waals surface area contributed by atoms with Crippen molar-refractivity contribution in [2.24, 2.45) is 9.98 Å². The third kappa shape index (κ3) is 7.31. The second kappa shape index (κ2) is 11.8. The molecule has 0 aromatic heterocycles. The minimum absolute atomic E-state index is 0.0173. The minimum atomic E-state index is -3.81. The summed E-state index contributed by atoms with van der Waals surface area (Å²) in [6.45, 7) is 1.84. The fraction of sp³-hybridized carbons (Fsp3) is 0.238. The molecule has 5 nitrogen and oxygen atoms in total. The van der Waals surface area contributed by atoms with Crippen LogP contribution in [0.25, 0.3) is 5.70 Å². The molecule has 0 saturated carbocycles. The van der Waals surface area contributed by atoms with Gasteiger partial charge < -0.3 is 0 Å². The van der Waals surface area contributed by atoms with E-state index in [0.717, 1.165) is 12.8 Å². The standard InChI is InChI=1S/C21H23Cl2N3O2S/c1-2-9-18(15-24-16-22)29(27,28)26-17-11-12-20(23)19(14-17)21-10-7-5-3-4-6-8-13-25-21/h3-5,7,9-15,26H,2,6,8,16H2,1H3/b4-3?,7-5-,18-9+,21-10+,24-15?,25-13?. The molecule has 0 atom stereocenters. The van der Waals surface area contributed by atoms with Crippen molar-refractivity contribution in [2.75, 3.05) is 10.7 Å². The summed E-state index contributed by atoms with van der Waals surface area (Å²) in [4.78, 5) is 8.39. The molecule has 1 N–H and O–H groups in total. The van der Waals surface area contributed by atoms with Gasteiger partial charge in [-0.3, -0.25) is 14.7 Å². The summed E-state index contributed by atoms with van der Waals surface area (Å²) < 4.78 is 28.1. The number of nitrogens with zero attached hydrogens (tertiary/aromatic N) is 2. The number of allylic oxidation sites excluding steroid dienone is 7. The molecule has 1 aromatic rings. The van der Waals surface area contributed by atoms with Crippen molar-refractivity contribution < 1.29 is 8.42 Å². The van der Waals surface area contributed by atoms with Gasteiger partial charge in [0.25, 0.3) is 10.0 Å². The van der Waals surface area contributed by atoms with Crippen LogP contribution in [0.2, 0.25) is 5.02 Å². The fourth-order valence-electron chi connectivity index (χ4n) is 2.48. The summed E-state index contributed by atoms with van der Waals surface area (Å²) in [5, 5.41) is 0.477. The van der Waals surface area contributed by atoms with Gasteiger partial charge >= 0.3 is 0 Å². The number of benzene rings is 1. The first-order valence-corrected chi connectivity index (χ1v) is 11.5. The van der Waals surface area contributed by atoms with Crippen molar-refractivity contribution >= 4 is 57.0 Å². The Morgan fingerprint density at radius 1 is 1.28 bits per heavy atom. The van der Waals surface area contributed by atoms with E-state index in [1.54, 1.807) is 24.3 Å². The van der Waals surface area contributed by atoms with Crippen molar-refractivity contribution in [3.63, 3.8) is 0 Å². The summed E-state index contributed by atoms with van der Waals surface area (Å²) in [7, 11) is -3.81. The molecule has 1 heterocycles. The molecule has 0 saturated heterocycles. The van der Waals surface area contributed by atoms with Crippen LogP contribution in [0, 0.1) is 0 Å². The second-order valence-corrected chi connectivity index (χ2v) is 8.33. The van der Waals surface area contributed by atoms with Crippen molar-refractivity contribution in [1.82, 2.24) is 0 Å². The van der Waals surface area contributed by atoms with Crippen molar-refractivity contribution in [3.8, 4) is 0 Å². The smallest absolute Gasteiger partial charge is 0.263 e. The number of hydrogen-bond donors (Lipinski definition) is 1. The van der Waals surface area contributed by atoms with Crippen LogP contribution in [0.5, 0.6) is 0 Å². The zero-order valence-electron chi connectivity index (χ0n) is 16.1. The van der Waals surface area contributed by atoms with E-state index in [4.69, 9.17) is 23.2 Å². The zero-order valence-corrected chi connectivity index (χ0v) is 18.4. The molecule has 1 aliphatic rings. The van der Waals surface area contributed by atoms with Gasteiger partial charge in [0.05, 0.1) is 10.7 Å². The maximum Gasteiger partial charge on any atom is 0.263 e. The summed E-state index contributed by atoms with van der Waals surface area (Å²) in [5.41, 5.74) is 1.66. The molecule has 0 unspecified atom stereocenters. The summed E-state index contributed by atoms with van der Waals surface area (Å²) in [5.74, 6) is 0. The highest BCUT2D eigenvalue weighted by Crippen LogP contribution is 2.29. The van der Waals surface area contributed by atoms with E-state index in [9.17, 15) is 8.42 Å². The molecule has 0 fully saturated rings. The molecule has 29 heavy (non-hydrogen) atoms. The average Bonchev–Trinajstić information content (AvgIpc) is 2.70. The molecule has 0 radical (unpaired) electrons. The monoisotopic (exact) mass is 451 g/mol. The number of rotatable bonds is 7. The zero-order chi connectivity index (χ0) is 21.1. The topological polar surface area (TPSA) is 70.9 Å². The van der Waals surface area contributed by atoms with Crippen LogP contribution >= 0.6 is 23.2 Å². The Bertz CT molecular complexity index is 991. The first-order valence-electron chi connectivity index (χ1n) is 9.12. The second-order valence-electron chi connectivity index (χ2n) is 6.00. The van der Waals surface area contributed by atoms with E-state index in [0.29, 0.717) is 28.4 Å². The summed E-state index contributed by atoms with van der Waals surface area (Å²) >= 11 is 11.9. The Labute approximate surface area is 182 Å². The van der Waals surface area contributed by atoms with Gasteiger partial charge in [-0.1, -0.05) is 48.9 Å². The summed E-state index contributed by atoms with van der Waals surface area (Å²) in [6.07, 6.45) is 16.5. The molecular formula is C21H23Cl2N3O2S. The molecule has 2 rings (SSSR count). The van der Waals surface area contributed by atoms with E-state index in [1.165, 1.54) is 6.21 Å². The fourth-order valence-corrected chi connectivity index (χ4v) is 3.92. The van der Waals surface area contributed by atoms with Crippen LogP contribution in [-0.2, 0) is 10.0 Å². The van der Waals surface area contributed by atoms with E-state index >= 15 is 0 Å². The third-order valence-electron chi connectivity index (χ3n) is 3.80. The number of alkyl halides is 1. The van der Waals surface area contributed by atoms with Crippen LogP contribution in [0.3, 0.4) is 0 Å². The van der Waals surface area contributed by atoms with Crippen LogP contribution < -0.4 is 4.72 Å². The maximum absolute atomic E-state index is 12.7. The van der Waals surface area contributed by atoms with Gasteiger partial charge in [-0.15, -0.1) is 11.6 Å². The van der Waals surface area contributed by atoms with Crippen molar-refractivity contribution in [3.05, 3.63) is 70.1 Å². The van der Waals surface area contributed by atoms with Crippen molar-refractivity contribution in [2.45, 2.75) is 26.2 Å². The van der Waals surface area contributed by atoms with Gasteiger partial charge in [-0.25, -0.2) is 8.42 Å². The van der Waals surface area contributed by atoms with Crippen LogP contribution in [0.1, 0.15) is 31.7 Å². The number of hydrogen-bond acceptors (Lipinski definition) is 4. The Morgan fingerprint density at radius 2 is 2.10 bits per heavy atom. The largest absolute Gasteiger partial charge is 0.280 e.